The summed E-state index contributed by atoms with van der Waals surface area (Å²) in [5.74, 6) is -2.99. The third-order valence-electron chi connectivity index (χ3n) is 12.9. The molecule has 2 aromatic heterocycles. The number of likely N-dealkylation sites (tertiary alicyclic amines) is 1. The van der Waals surface area contributed by atoms with Crippen LogP contribution in [0.15, 0.2) is 73.4 Å². The lowest BCUT2D eigenvalue weighted by Gasteiger charge is -2.35. The maximum atomic E-state index is 15.0. The first kappa shape index (κ1) is 49.5. The fourth-order valence-corrected chi connectivity index (χ4v) is 9.50. The van der Waals surface area contributed by atoms with Crippen LogP contribution in [0.25, 0.3) is 33.3 Å². The molecule has 2 aliphatic heterocycles. The highest BCUT2D eigenvalue weighted by Crippen LogP contribution is 2.42. The smallest absolute Gasteiger partial charge is 0.293 e. The van der Waals surface area contributed by atoms with E-state index in [9.17, 15) is 28.4 Å². The number of halogens is 1. The molecule has 4 heterocycles. The number of nitrogens with one attached hydrogen (secondary N) is 2. The second-order valence-corrected chi connectivity index (χ2v) is 18.5. The molecule has 0 saturated carbocycles. The number of aryl methyl sites for hydroxylation is 1. The number of nitrogens with zero attached hydrogens (tertiary/aromatic N) is 5. The Hall–Kier alpha value is -5.93. The molecule has 4 aromatic rings. The molecular formula is C51H66FN7O7. The second-order valence-electron chi connectivity index (χ2n) is 18.5. The van der Waals surface area contributed by atoms with E-state index in [4.69, 9.17) is 14.5 Å². The average Bonchev–Trinajstić information content (AvgIpc) is 3.94. The first-order valence-electron chi connectivity index (χ1n) is 23.1. The second kappa shape index (κ2) is 22.0. The Morgan fingerprint density at radius 1 is 1.06 bits per heavy atom. The number of rotatable bonds is 20. The Kier molecular flexibility index (Phi) is 16.5. The number of methoxy groups -OCH3 is 1. The van der Waals surface area contributed by atoms with E-state index >= 15 is 0 Å². The molecule has 0 spiro atoms. The summed E-state index contributed by atoms with van der Waals surface area (Å²) in [5.41, 5.74) is 10.3. The number of hydrazine groups is 1. The van der Waals surface area contributed by atoms with Crippen molar-refractivity contribution in [3.05, 3.63) is 90.3 Å². The highest BCUT2D eigenvalue weighted by atomic mass is 19.1. The Balaban J connectivity index is 1.36. The maximum Gasteiger partial charge on any atom is 0.293 e. The number of fused-ring (bicyclic) bond motifs is 1. The van der Waals surface area contributed by atoms with Gasteiger partial charge in [0.15, 0.2) is 6.80 Å². The molecule has 0 bridgehead atoms. The van der Waals surface area contributed by atoms with Gasteiger partial charge < -0.3 is 29.2 Å². The van der Waals surface area contributed by atoms with Crippen LogP contribution in [-0.4, -0.2) is 113 Å². The minimum absolute atomic E-state index is 0.109. The maximum absolute atomic E-state index is 15.0. The van der Waals surface area contributed by atoms with Crippen molar-refractivity contribution in [1.82, 2.24) is 35.1 Å². The molecule has 2 saturated heterocycles. The quantitative estimate of drug-likeness (QED) is 0.0553. The number of alkyl halides is 1. The van der Waals surface area contributed by atoms with Gasteiger partial charge >= 0.3 is 0 Å². The standard InChI is InChI=1S/C51H66FN7O7/c1-9-44(61)56-24-20-38(29-56)49(63)58(31-52)46(33(3)4)48(62)55-42(50(64)59-23-12-11-22-54-59)26-35-15-13-16-36(25-35)37-18-19-43-40(27-37)41(28-51(6,7)30-66-32-60)47(57(43)10-2)39-17-14-21-53-45(39)34(5)65-8/h9,13-19,21,25,27,32-34,38,42,46,54H,1,10-12,20,22-24,26,28-31H2,2-8H3,(H,55,62). The van der Waals surface area contributed by atoms with E-state index in [1.807, 2.05) is 37.3 Å². The average molecular weight is 908 g/mol. The molecule has 15 heteroatoms. The molecule has 0 radical (unpaired) electrons. The van der Waals surface area contributed by atoms with Gasteiger partial charge in [0.2, 0.25) is 17.7 Å². The van der Waals surface area contributed by atoms with Crippen LogP contribution in [-0.2, 0) is 52.8 Å². The number of hydrogen-bond donors (Lipinski definition) is 2. The Morgan fingerprint density at radius 2 is 1.83 bits per heavy atom. The molecule has 14 nitrogen and oxygen atoms in total. The lowest BCUT2D eigenvalue weighted by atomic mass is 9.84. The van der Waals surface area contributed by atoms with Gasteiger partial charge in [-0.1, -0.05) is 64.6 Å². The summed E-state index contributed by atoms with van der Waals surface area (Å²) in [4.78, 5) is 73.3. The minimum Gasteiger partial charge on any atom is -0.467 e. The Bertz CT molecular complexity index is 2390. The van der Waals surface area contributed by atoms with Crippen LogP contribution < -0.4 is 10.7 Å². The molecule has 2 aliphatic rings. The van der Waals surface area contributed by atoms with Crippen molar-refractivity contribution >= 4 is 41.0 Å². The topological polar surface area (TPSA) is 155 Å². The van der Waals surface area contributed by atoms with Gasteiger partial charge in [-0.25, -0.2) is 9.82 Å². The lowest BCUT2D eigenvalue weighted by Crippen LogP contribution is -2.60. The molecule has 2 fully saturated rings. The predicted molar refractivity (Wildman–Crippen MR) is 252 cm³/mol. The van der Waals surface area contributed by atoms with Gasteiger partial charge in [0, 0.05) is 74.3 Å². The van der Waals surface area contributed by atoms with Crippen molar-refractivity contribution < 1.29 is 37.8 Å². The molecule has 2 N–H and O–H groups in total. The number of pyridine rings is 1. The molecule has 354 valence electrons. The summed E-state index contributed by atoms with van der Waals surface area (Å²) < 4.78 is 28.4. The number of carbonyl (C=O) groups is 5. The van der Waals surface area contributed by atoms with E-state index in [0.29, 0.717) is 45.5 Å². The fourth-order valence-electron chi connectivity index (χ4n) is 9.50. The van der Waals surface area contributed by atoms with Gasteiger partial charge in [-0.2, -0.15) is 0 Å². The summed E-state index contributed by atoms with van der Waals surface area (Å²) >= 11 is 0. The van der Waals surface area contributed by atoms with Crippen LogP contribution in [0.3, 0.4) is 0 Å². The Labute approximate surface area is 387 Å². The zero-order chi connectivity index (χ0) is 47.7. The molecule has 4 atom stereocenters. The number of benzene rings is 2. The molecule has 2 aromatic carbocycles. The zero-order valence-corrected chi connectivity index (χ0v) is 39.5. The van der Waals surface area contributed by atoms with Gasteiger partial charge in [-0.15, -0.1) is 0 Å². The highest BCUT2D eigenvalue weighted by molar-refractivity contribution is 5.96. The van der Waals surface area contributed by atoms with Gasteiger partial charge in [0.05, 0.1) is 30.0 Å². The number of aromatic nitrogens is 2. The van der Waals surface area contributed by atoms with E-state index in [1.54, 1.807) is 32.2 Å². The molecule has 4 amide bonds. The van der Waals surface area contributed by atoms with Crippen LogP contribution in [0.5, 0.6) is 0 Å². The zero-order valence-electron chi connectivity index (χ0n) is 39.5. The third kappa shape index (κ3) is 11.0. The van der Waals surface area contributed by atoms with Crippen molar-refractivity contribution in [3.8, 4) is 22.4 Å². The number of amides is 4. The first-order chi connectivity index (χ1) is 31.7. The van der Waals surface area contributed by atoms with Crippen LogP contribution in [0.1, 0.15) is 83.7 Å². The monoisotopic (exact) mass is 908 g/mol. The Morgan fingerprint density at radius 3 is 2.50 bits per heavy atom. The normalized spacial score (nSPS) is 16.8. The minimum atomic E-state index is -1.21. The van der Waals surface area contributed by atoms with Crippen molar-refractivity contribution in [1.29, 1.82) is 0 Å². The van der Waals surface area contributed by atoms with Crippen molar-refractivity contribution in [2.45, 2.75) is 98.4 Å². The van der Waals surface area contributed by atoms with Crippen LogP contribution >= 0.6 is 0 Å². The summed E-state index contributed by atoms with van der Waals surface area (Å²) in [7, 11) is 1.67. The number of hydrogen-bond acceptors (Lipinski definition) is 9. The van der Waals surface area contributed by atoms with Gasteiger partial charge in [-0.05, 0) is 98.0 Å². The first-order valence-corrected chi connectivity index (χ1v) is 23.1. The SMILES string of the molecule is C=CC(=O)N1CCC(C(=O)N(CF)C(C(=O)NC(Cc2cccc(-c3ccc4c(c3)c(CC(C)(C)COC=O)c(-c3cccnc3C(C)OC)n4CC)c2)C(=O)N2CCCCN2)C(C)C)C1. The van der Waals surface area contributed by atoms with Gasteiger partial charge in [0.25, 0.3) is 12.4 Å². The van der Waals surface area contributed by atoms with E-state index < -0.39 is 47.9 Å². The number of ether oxygens (including phenoxy) is 2. The number of carbonyl (C=O) groups excluding carboxylic acids is 5. The summed E-state index contributed by atoms with van der Waals surface area (Å²) in [6.07, 6.45) is 5.44. The highest BCUT2D eigenvalue weighted by Gasteiger charge is 2.40. The van der Waals surface area contributed by atoms with Crippen LogP contribution in [0.4, 0.5) is 4.39 Å². The van der Waals surface area contributed by atoms with Crippen LogP contribution in [0, 0.1) is 17.3 Å². The van der Waals surface area contributed by atoms with Crippen molar-refractivity contribution in [3.63, 3.8) is 0 Å². The summed E-state index contributed by atoms with van der Waals surface area (Å²) in [6.45, 7) is 17.0. The molecular weight excluding hydrogens is 842 g/mol. The van der Waals surface area contributed by atoms with Crippen molar-refractivity contribution in [2.24, 2.45) is 17.3 Å². The van der Waals surface area contributed by atoms with Gasteiger partial charge in [0.1, 0.15) is 12.1 Å². The lowest BCUT2D eigenvalue weighted by molar-refractivity contribution is -0.149. The van der Waals surface area contributed by atoms with Crippen molar-refractivity contribution in [2.75, 3.05) is 46.7 Å². The van der Waals surface area contributed by atoms with Gasteiger partial charge in [-0.3, -0.25) is 34.0 Å². The van der Waals surface area contributed by atoms with Crippen LogP contribution in [0.2, 0.25) is 0 Å². The van der Waals surface area contributed by atoms with E-state index in [0.717, 1.165) is 67.8 Å². The van der Waals surface area contributed by atoms with E-state index in [2.05, 4.69) is 66.9 Å². The largest absolute Gasteiger partial charge is 0.467 e. The van der Waals surface area contributed by atoms with E-state index in [1.165, 1.54) is 11.0 Å². The summed E-state index contributed by atoms with van der Waals surface area (Å²) in [6, 6.07) is 16.0. The molecule has 6 rings (SSSR count). The third-order valence-corrected chi connectivity index (χ3v) is 12.9. The molecule has 0 aliphatic carbocycles. The fraction of sp³-hybridized carbons (Fsp3) is 0.490. The summed E-state index contributed by atoms with van der Waals surface area (Å²) in [5, 5.41) is 5.53. The predicted octanol–water partition coefficient (Wildman–Crippen LogP) is 6.81. The van der Waals surface area contributed by atoms with E-state index in [-0.39, 0.29) is 37.5 Å². The molecule has 4 unspecified atom stereocenters. The molecule has 66 heavy (non-hydrogen) atoms.